The topological polar surface area (TPSA) is 78.4 Å². The van der Waals surface area contributed by atoms with E-state index in [2.05, 4.69) is 10.6 Å². The van der Waals surface area contributed by atoms with Crippen LogP contribution in [0.5, 0.6) is 0 Å². The van der Waals surface area contributed by atoms with Crippen LogP contribution in [-0.4, -0.2) is 30.2 Å². The summed E-state index contributed by atoms with van der Waals surface area (Å²) in [7, 11) is 0. The summed E-state index contributed by atoms with van der Waals surface area (Å²) in [4.78, 5) is 22.8. The zero-order valence-corrected chi connectivity index (χ0v) is 11.7. The number of carboxylic acid groups (broad SMARTS) is 1. The molecule has 114 valence electrons. The van der Waals surface area contributed by atoms with E-state index in [-0.39, 0.29) is 18.4 Å². The average Bonchev–Trinajstić information content (AvgIpc) is 2.39. The lowest BCUT2D eigenvalue weighted by Gasteiger charge is -2.37. The van der Waals surface area contributed by atoms with Crippen molar-refractivity contribution in [3.05, 3.63) is 35.6 Å². The number of aliphatic carboxylic acids is 1. The van der Waals surface area contributed by atoms with E-state index in [1.807, 2.05) is 0 Å². The SMILES string of the molecule is O=C(NCCc1ccc(F)cc1)NCC1(C(=O)O)CCC1. The van der Waals surface area contributed by atoms with Gasteiger partial charge in [0.15, 0.2) is 0 Å². The van der Waals surface area contributed by atoms with E-state index in [4.69, 9.17) is 5.11 Å². The van der Waals surface area contributed by atoms with E-state index in [9.17, 15) is 14.0 Å². The number of hydrogen-bond donors (Lipinski definition) is 3. The van der Waals surface area contributed by atoms with Crippen LogP contribution in [-0.2, 0) is 11.2 Å². The quantitative estimate of drug-likeness (QED) is 0.750. The molecule has 2 amide bonds. The molecule has 2 rings (SSSR count). The predicted molar refractivity (Wildman–Crippen MR) is 75.4 cm³/mol. The van der Waals surface area contributed by atoms with Crippen LogP contribution in [0.2, 0.25) is 0 Å². The molecular formula is C15H19FN2O3. The molecule has 0 radical (unpaired) electrons. The molecule has 1 aromatic carbocycles. The number of carboxylic acids is 1. The molecule has 0 aromatic heterocycles. The maximum atomic E-state index is 12.7. The minimum atomic E-state index is -0.847. The number of benzene rings is 1. The van der Waals surface area contributed by atoms with Crippen LogP contribution in [0, 0.1) is 11.2 Å². The molecule has 0 aliphatic heterocycles. The van der Waals surface area contributed by atoms with Crippen molar-refractivity contribution in [1.29, 1.82) is 0 Å². The molecule has 1 aromatic rings. The molecule has 0 spiro atoms. The van der Waals surface area contributed by atoms with Crippen molar-refractivity contribution in [2.75, 3.05) is 13.1 Å². The van der Waals surface area contributed by atoms with Gasteiger partial charge in [-0.2, -0.15) is 0 Å². The maximum Gasteiger partial charge on any atom is 0.314 e. The number of halogens is 1. The molecule has 3 N–H and O–H groups in total. The van der Waals surface area contributed by atoms with Gasteiger partial charge in [-0.15, -0.1) is 0 Å². The molecule has 1 fully saturated rings. The van der Waals surface area contributed by atoms with E-state index in [1.165, 1.54) is 12.1 Å². The van der Waals surface area contributed by atoms with Crippen molar-refractivity contribution in [3.8, 4) is 0 Å². The zero-order valence-electron chi connectivity index (χ0n) is 11.7. The largest absolute Gasteiger partial charge is 0.481 e. The Morgan fingerprint density at radius 3 is 2.38 bits per heavy atom. The standard InChI is InChI=1S/C15H19FN2O3/c16-12-4-2-11(3-5-12)6-9-17-14(21)18-10-15(13(19)20)7-1-8-15/h2-5H,1,6-10H2,(H,19,20)(H2,17,18,21). The second kappa shape index (κ2) is 6.56. The van der Waals surface area contributed by atoms with Crippen LogP contribution in [0.3, 0.4) is 0 Å². The molecule has 5 nitrogen and oxygen atoms in total. The van der Waals surface area contributed by atoms with Crippen LogP contribution >= 0.6 is 0 Å². The van der Waals surface area contributed by atoms with Gasteiger partial charge in [0, 0.05) is 13.1 Å². The van der Waals surface area contributed by atoms with Gasteiger partial charge >= 0.3 is 12.0 Å². The van der Waals surface area contributed by atoms with E-state index in [0.717, 1.165) is 12.0 Å². The maximum absolute atomic E-state index is 12.7. The van der Waals surface area contributed by atoms with E-state index in [1.54, 1.807) is 12.1 Å². The fraction of sp³-hybridized carbons (Fsp3) is 0.467. The van der Waals surface area contributed by atoms with Gasteiger partial charge < -0.3 is 15.7 Å². The first kappa shape index (κ1) is 15.3. The summed E-state index contributed by atoms with van der Waals surface area (Å²) in [6.45, 7) is 0.572. The van der Waals surface area contributed by atoms with Crippen molar-refractivity contribution < 1.29 is 19.1 Å². The highest BCUT2D eigenvalue weighted by atomic mass is 19.1. The normalized spacial score (nSPS) is 15.9. The Bertz CT molecular complexity index is 512. The summed E-state index contributed by atoms with van der Waals surface area (Å²) in [5.41, 5.74) is 0.145. The Morgan fingerprint density at radius 1 is 1.19 bits per heavy atom. The van der Waals surface area contributed by atoms with Gasteiger partial charge in [-0.1, -0.05) is 18.6 Å². The van der Waals surface area contributed by atoms with Crippen LogP contribution < -0.4 is 10.6 Å². The zero-order chi connectivity index (χ0) is 15.3. The summed E-state index contributed by atoms with van der Waals surface area (Å²) >= 11 is 0. The van der Waals surface area contributed by atoms with Gasteiger partial charge in [-0.05, 0) is 37.0 Å². The third-order valence-electron chi connectivity index (χ3n) is 3.96. The van der Waals surface area contributed by atoms with Crippen molar-refractivity contribution in [1.82, 2.24) is 10.6 Å². The minimum Gasteiger partial charge on any atom is -0.481 e. The van der Waals surface area contributed by atoms with Gasteiger partial charge in [-0.25, -0.2) is 9.18 Å². The van der Waals surface area contributed by atoms with Crippen molar-refractivity contribution >= 4 is 12.0 Å². The molecule has 0 unspecified atom stereocenters. The van der Waals surface area contributed by atoms with Crippen LogP contribution in [0.15, 0.2) is 24.3 Å². The Kier molecular flexibility index (Phi) is 4.77. The first-order valence-corrected chi connectivity index (χ1v) is 7.01. The Labute approximate surface area is 122 Å². The Morgan fingerprint density at radius 2 is 1.86 bits per heavy atom. The molecule has 0 heterocycles. The van der Waals surface area contributed by atoms with Crippen molar-refractivity contribution in [2.45, 2.75) is 25.7 Å². The molecule has 0 atom stereocenters. The van der Waals surface area contributed by atoms with Crippen LogP contribution in [0.1, 0.15) is 24.8 Å². The van der Waals surface area contributed by atoms with E-state index < -0.39 is 11.4 Å². The number of hydrogen-bond acceptors (Lipinski definition) is 2. The van der Waals surface area contributed by atoms with Crippen molar-refractivity contribution in [3.63, 3.8) is 0 Å². The number of carbonyl (C=O) groups is 2. The van der Waals surface area contributed by atoms with Crippen molar-refractivity contribution in [2.24, 2.45) is 5.41 Å². The third kappa shape index (κ3) is 3.93. The Balaban J connectivity index is 1.68. The van der Waals surface area contributed by atoms with E-state index in [0.29, 0.717) is 25.8 Å². The molecular weight excluding hydrogens is 275 g/mol. The first-order chi connectivity index (χ1) is 10.0. The highest BCUT2D eigenvalue weighted by Crippen LogP contribution is 2.40. The second-order valence-electron chi connectivity index (χ2n) is 5.42. The molecule has 0 bridgehead atoms. The second-order valence-corrected chi connectivity index (χ2v) is 5.42. The highest BCUT2D eigenvalue weighted by molar-refractivity contribution is 5.78. The van der Waals surface area contributed by atoms with Gasteiger partial charge in [0.2, 0.25) is 0 Å². The lowest BCUT2D eigenvalue weighted by Crippen LogP contribution is -2.49. The number of amides is 2. The van der Waals surface area contributed by atoms with Crippen LogP contribution in [0.25, 0.3) is 0 Å². The third-order valence-corrected chi connectivity index (χ3v) is 3.96. The van der Waals surface area contributed by atoms with Gasteiger partial charge in [0.25, 0.3) is 0 Å². The first-order valence-electron chi connectivity index (χ1n) is 7.01. The predicted octanol–water partition coefficient (Wildman–Crippen LogP) is 1.92. The minimum absolute atomic E-state index is 0.157. The van der Waals surface area contributed by atoms with E-state index >= 15 is 0 Å². The number of urea groups is 1. The summed E-state index contributed by atoms with van der Waals surface area (Å²) in [6.07, 6.45) is 2.70. The lowest BCUT2D eigenvalue weighted by molar-refractivity contribution is -0.153. The van der Waals surface area contributed by atoms with Gasteiger partial charge in [0.05, 0.1) is 5.41 Å². The Hall–Kier alpha value is -2.11. The smallest absolute Gasteiger partial charge is 0.314 e. The number of rotatable bonds is 6. The lowest BCUT2D eigenvalue weighted by atomic mass is 9.69. The van der Waals surface area contributed by atoms with Gasteiger partial charge in [-0.3, -0.25) is 4.79 Å². The highest BCUT2D eigenvalue weighted by Gasteiger charge is 2.44. The summed E-state index contributed by atoms with van der Waals surface area (Å²) in [6, 6.07) is 5.72. The number of carbonyl (C=O) groups excluding carboxylic acids is 1. The number of nitrogens with one attached hydrogen (secondary N) is 2. The summed E-state index contributed by atoms with van der Waals surface area (Å²) < 4.78 is 12.7. The van der Waals surface area contributed by atoms with Gasteiger partial charge in [0.1, 0.15) is 5.82 Å². The average molecular weight is 294 g/mol. The fourth-order valence-electron chi connectivity index (χ4n) is 2.35. The fourth-order valence-corrected chi connectivity index (χ4v) is 2.35. The summed E-state index contributed by atoms with van der Waals surface area (Å²) in [5, 5.41) is 14.4. The molecule has 21 heavy (non-hydrogen) atoms. The molecule has 6 heteroatoms. The molecule has 0 saturated heterocycles. The monoisotopic (exact) mass is 294 g/mol. The molecule has 1 aliphatic carbocycles. The molecule has 1 saturated carbocycles. The molecule has 1 aliphatic rings. The summed E-state index contributed by atoms with van der Waals surface area (Å²) in [5.74, 6) is -1.13. The van der Waals surface area contributed by atoms with Crippen LogP contribution in [0.4, 0.5) is 9.18 Å².